The Morgan fingerprint density at radius 1 is 1.26 bits per heavy atom. The van der Waals surface area contributed by atoms with Gasteiger partial charge in [0.1, 0.15) is 41.0 Å². The number of hydrogen-bond donors (Lipinski definition) is 5. The van der Waals surface area contributed by atoms with Gasteiger partial charge in [-0.15, -0.1) is 0 Å². The summed E-state index contributed by atoms with van der Waals surface area (Å²) < 4.78 is 11.4. The lowest BCUT2D eigenvalue weighted by atomic mass is 9.91. The summed E-state index contributed by atoms with van der Waals surface area (Å²) in [6, 6.07) is 6.66. The number of rotatable bonds is 3. The molecule has 0 bridgehead atoms. The van der Waals surface area contributed by atoms with Crippen molar-refractivity contribution in [2.24, 2.45) is 0 Å². The molecule has 5 N–H and O–H groups in total. The molecule has 0 unspecified atom stereocenters. The molecule has 1 aliphatic rings. The molecule has 0 amide bonds. The fourth-order valence-corrected chi connectivity index (χ4v) is 3.32. The van der Waals surface area contributed by atoms with Crippen LogP contribution >= 0.6 is 23.0 Å². The van der Waals surface area contributed by atoms with Gasteiger partial charge in [0.25, 0.3) is 0 Å². The lowest BCUT2D eigenvalue weighted by molar-refractivity contribution is -0.334. The van der Waals surface area contributed by atoms with Crippen LogP contribution in [0.5, 0.6) is 5.75 Å². The fraction of sp³-hybridized carbons (Fsp3) is 0.429. The van der Waals surface area contributed by atoms with Crippen LogP contribution in [0.4, 0.5) is 0 Å². The minimum Gasteiger partial charge on any atom is -0.506 e. The van der Waals surface area contributed by atoms with Gasteiger partial charge in [0, 0.05) is 11.6 Å². The molecule has 126 valence electrons. The summed E-state index contributed by atoms with van der Waals surface area (Å²) in [5.74, 6) is -0.118. The topological polar surface area (TPSA) is 125 Å². The molecule has 3 rings (SSSR count). The number of aliphatic hydroxyl groups is 4. The Morgan fingerprint density at radius 2 is 1.96 bits per heavy atom. The molecule has 0 aliphatic carbocycles. The number of aliphatic hydroxyl groups excluding tert-OH is 3. The van der Waals surface area contributed by atoms with E-state index in [0.29, 0.717) is 10.9 Å². The third-order valence-electron chi connectivity index (χ3n) is 4.13. The van der Waals surface area contributed by atoms with Gasteiger partial charge in [-0.1, -0.05) is 12.1 Å². The van der Waals surface area contributed by atoms with E-state index in [2.05, 4.69) is 0 Å². The maximum atomic E-state index is 11.1. The van der Waals surface area contributed by atoms with Crippen LogP contribution in [0.2, 0.25) is 0 Å². The van der Waals surface area contributed by atoms with Crippen LogP contribution < -0.4 is 0 Å². The highest BCUT2D eigenvalue weighted by atomic mass is 127. The summed E-state index contributed by atoms with van der Waals surface area (Å²) in [6.07, 6.45) is -4.55. The molecule has 8 nitrogen and oxygen atoms in total. The molecule has 1 aromatic carbocycles. The number of fused-ring (bicyclic) bond motifs is 1. The number of ether oxygens (including phenoxy) is 1. The summed E-state index contributed by atoms with van der Waals surface area (Å²) in [5.41, 5.74) is -1.86. The average Bonchev–Trinajstić information content (AvgIpc) is 2.91. The fourth-order valence-electron chi connectivity index (χ4n) is 2.93. The quantitative estimate of drug-likeness (QED) is 0.422. The van der Waals surface area contributed by atoms with Gasteiger partial charge in [-0.2, -0.15) is 0 Å². The van der Waals surface area contributed by atoms with Crippen molar-refractivity contribution < 1.29 is 33.3 Å². The second-order valence-electron chi connectivity index (χ2n) is 5.39. The highest BCUT2D eigenvalue weighted by Gasteiger charge is 2.57. The van der Waals surface area contributed by atoms with Crippen molar-refractivity contribution in [2.75, 3.05) is 6.61 Å². The van der Waals surface area contributed by atoms with Crippen molar-refractivity contribution in [2.45, 2.75) is 30.3 Å². The van der Waals surface area contributed by atoms with Crippen LogP contribution in [0.1, 0.15) is 0 Å². The zero-order valence-corrected chi connectivity index (χ0v) is 13.9. The summed E-state index contributed by atoms with van der Waals surface area (Å²) in [5, 5.41) is 51.8. The van der Waals surface area contributed by atoms with E-state index in [4.69, 9.17) is 7.80 Å². The predicted octanol–water partition coefficient (Wildman–Crippen LogP) is -0.202. The van der Waals surface area contributed by atoms with Crippen molar-refractivity contribution in [1.29, 1.82) is 0 Å². The van der Waals surface area contributed by atoms with Gasteiger partial charge in [0.2, 0.25) is 5.72 Å². The maximum Gasteiger partial charge on any atom is 0.202 e. The number of nitrogens with zero attached hydrogens (tertiary/aromatic N) is 1. The molecule has 1 aliphatic heterocycles. The van der Waals surface area contributed by atoms with Crippen LogP contribution in [0, 0.1) is 0 Å². The molecule has 0 spiro atoms. The van der Waals surface area contributed by atoms with Crippen molar-refractivity contribution >= 4 is 33.9 Å². The molecule has 1 saturated heterocycles. The van der Waals surface area contributed by atoms with Gasteiger partial charge in [0.15, 0.2) is 12.4 Å². The molecule has 2 aromatic rings. The number of hydrogen-bond acceptors (Lipinski definition) is 7. The van der Waals surface area contributed by atoms with Crippen molar-refractivity contribution in [3.63, 3.8) is 0 Å². The molecule has 0 radical (unpaired) electrons. The molecule has 9 heteroatoms. The Labute approximate surface area is 145 Å². The van der Waals surface area contributed by atoms with Crippen molar-refractivity contribution in [1.82, 2.24) is 4.57 Å². The van der Waals surface area contributed by atoms with Crippen molar-refractivity contribution in [3.8, 4) is 5.75 Å². The normalized spacial score (nSPS) is 34.8. The lowest BCUT2D eigenvalue weighted by Gasteiger charge is -2.47. The van der Waals surface area contributed by atoms with Gasteiger partial charge in [-0.3, -0.25) is 3.07 Å². The number of para-hydroxylation sites is 1. The van der Waals surface area contributed by atoms with E-state index in [1.807, 2.05) is 0 Å². The molecule has 1 fully saturated rings. The Hall–Kier alpha value is -0.950. The number of aromatic hydroxyl groups is 1. The predicted molar refractivity (Wildman–Crippen MR) is 86.7 cm³/mol. The monoisotopic (exact) mass is 437 g/mol. The highest BCUT2D eigenvalue weighted by Crippen LogP contribution is 2.40. The molecular weight excluding hydrogens is 421 g/mol. The van der Waals surface area contributed by atoms with E-state index in [1.54, 1.807) is 24.3 Å². The van der Waals surface area contributed by atoms with Crippen LogP contribution in [0.25, 0.3) is 10.9 Å². The van der Waals surface area contributed by atoms with E-state index in [9.17, 15) is 25.5 Å². The Bertz CT molecular complexity index is 689. The van der Waals surface area contributed by atoms with Crippen LogP contribution in [-0.4, -0.2) is 61.3 Å². The molecular formula is C14H16INO7. The largest absolute Gasteiger partial charge is 0.506 e. The van der Waals surface area contributed by atoms with Gasteiger partial charge < -0.3 is 34.8 Å². The minimum atomic E-state index is -2.26. The summed E-state index contributed by atoms with van der Waals surface area (Å²) in [4.78, 5) is 0. The summed E-state index contributed by atoms with van der Waals surface area (Å²) in [6.45, 7) is -0.585. The van der Waals surface area contributed by atoms with E-state index in [0.717, 1.165) is 0 Å². The van der Waals surface area contributed by atoms with E-state index < -0.39 is 36.9 Å². The van der Waals surface area contributed by atoms with Crippen LogP contribution in [0.3, 0.4) is 0 Å². The zero-order chi connectivity index (χ0) is 16.8. The average molecular weight is 437 g/mol. The van der Waals surface area contributed by atoms with Gasteiger partial charge >= 0.3 is 0 Å². The molecule has 1 aromatic heterocycles. The van der Waals surface area contributed by atoms with Crippen LogP contribution in [0.15, 0.2) is 30.5 Å². The van der Waals surface area contributed by atoms with Gasteiger partial charge in [-0.25, -0.2) is 0 Å². The maximum absolute atomic E-state index is 11.1. The molecule has 23 heavy (non-hydrogen) atoms. The van der Waals surface area contributed by atoms with Crippen LogP contribution in [-0.2, 0) is 13.5 Å². The second kappa shape index (κ2) is 6.16. The zero-order valence-electron chi connectivity index (χ0n) is 11.8. The standard InChI is InChI=1S/C14H16INO7/c15-23-13-12(20)14(21,11(19)10(6-17)22-13)16-5-9(18)7-3-1-2-4-8(7)16/h1-5,10-13,17-21H,6H2/t10-,11+,12+,13-,14+/m1/s1. The SMILES string of the molecule is OC[C@H]1O[C@H](OI)[C@H](O)[C@](O)(n2cc(O)c3ccccc32)[C@H]1O. The van der Waals surface area contributed by atoms with E-state index >= 15 is 0 Å². The van der Waals surface area contributed by atoms with E-state index in [1.165, 1.54) is 33.8 Å². The first kappa shape index (κ1) is 16.9. The Kier molecular flexibility index (Phi) is 4.53. The Morgan fingerprint density at radius 3 is 2.61 bits per heavy atom. The minimum absolute atomic E-state index is 0.118. The number of benzene rings is 1. The summed E-state index contributed by atoms with van der Waals surface area (Å²) in [7, 11) is 0. The number of aromatic nitrogens is 1. The highest BCUT2D eigenvalue weighted by molar-refractivity contribution is 14.1. The third-order valence-corrected chi connectivity index (χ3v) is 4.64. The van der Waals surface area contributed by atoms with E-state index in [-0.39, 0.29) is 5.75 Å². The molecule has 5 atom stereocenters. The first-order valence-corrected chi connectivity index (χ1v) is 7.75. The third kappa shape index (κ3) is 2.43. The second-order valence-corrected chi connectivity index (χ2v) is 5.90. The smallest absolute Gasteiger partial charge is 0.202 e. The summed E-state index contributed by atoms with van der Waals surface area (Å²) >= 11 is 1.50. The van der Waals surface area contributed by atoms with Gasteiger partial charge in [0.05, 0.1) is 12.1 Å². The Balaban J connectivity index is 2.19. The van der Waals surface area contributed by atoms with Crippen molar-refractivity contribution in [3.05, 3.63) is 30.5 Å². The molecule has 0 saturated carbocycles. The lowest BCUT2D eigenvalue weighted by Crippen LogP contribution is -2.67. The molecule has 2 heterocycles. The first-order chi connectivity index (χ1) is 10.9. The first-order valence-electron chi connectivity index (χ1n) is 6.86. The number of halogens is 1. The van der Waals surface area contributed by atoms with Gasteiger partial charge in [-0.05, 0) is 12.1 Å².